The summed E-state index contributed by atoms with van der Waals surface area (Å²) >= 11 is 1.41. The second kappa shape index (κ2) is 7.53. The van der Waals surface area contributed by atoms with Crippen LogP contribution in [0.1, 0.15) is 18.1 Å². The van der Waals surface area contributed by atoms with Crippen molar-refractivity contribution < 1.29 is 13.9 Å². The van der Waals surface area contributed by atoms with Gasteiger partial charge in [-0.1, -0.05) is 36.4 Å². The third-order valence-corrected chi connectivity index (χ3v) is 6.67. The average Bonchev–Trinajstić information content (AvgIpc) is 3.42. The number of aromatic nitrogens is 1. The van der Waals surface area contributed by atoms with Gasteiger partial charge in [-0.2, -0.15) is 0 Å². The van der Waals surface area contributed by atoms with Crippen LogP contribution in [0, 0.1) is 0 Å². The van der Waals surface area contributed by atoms with Crippen LogP contribution in [-0.2, 0) is 11.2 Å². The Bertz CT molecular complexity index is 1630. The Balaban J connectivity index is 1.35. The van der Waals surface area contributed by atoms with E-state index in [9.17, 15) is 9.59 Å². The van der Waals surface area contributed by atoms with Crippen molar-refractivity contribution >= 4 is 28.3 Å². The number of hydrogen-bond donors (Lipinski definition) is 0. The van der Waals surface area contributed by atoms with Crippen LogP contribution in [0.2, 0.25) is 0 Å². The minimum Gasteiger partial charge on any atom is -0.427 e. The number of carbonyl (C=O) groups is 1. The van der Waals surface area contributed by atoms with E-state index >= 15 is 0 Å². The lowest BCUT2D eigenvalue weighted by atomic mass is 10.0. The van der Waals surface area contributed by atoms with E-state index in [2.05, 4.69) is 42.5 Å². The summed E-state index contributed by atoms with van der Waals surface area (Å²) in [5, 5.41) is 3.30. The highest BCUT2D eigenvalue weighted by Gasteiger charge is 2.19. The van der Waals surface area contributed by atoms with Crippen LogP contribution >= 0.6 is 11.3 Å². The predicted octanol–water partition coefficient (Wildman–Crippen LogP) is 6.08. The number of carbonyl (C=O) groups excluding carboxylic acids is 1. The van der Waals surface area contributed by atoms with Gasteiger partial charge in [0.25, 0.3) is 0 Å². The lowest BCUT2D eigenvalue weighted by Crippen LogP contribution is -2.04. The first-order valence-corrected chi connectivity index (χ1v) is 11.4. The molecule has 0 atom stereocenters. The molecule has 6 heteroatoms. The van der Waals surface area contributed by atoms with E-state index in [1.165, 1.54) is 46.6 Å². The fourth-order valence-corrected chi connectivity index (χ4v) is 5.14. The molecule has 0 saturated heterocycles. The van der Waals surface area contributed by atoms with Crippen LogP contribution in [0.3, 0.4) is 0 Å². The van der Waals surface area contributed by atoms with Gasteiger partial charge in [-0.25, -0.2) is 9.78 Å². The molecule has 1 aliphatic carbocycles. The minimum atomic E-state index is -0.479. The summed E-state index contributed by atoms with van der Waals surface area (Å²) in [5.41, 5.74) is 7.35. The predicted molar refractivity (Wildman–Crippen MR) is 129 cm³/mol. The summed E-state index contributed by atoms with van der Waals surface area (Å²) in [6.45, 7) is 1.32. The van der Waals surface area contributed by atoms with Crippen LogP contribution < -0.4 is 10.4 Å². The first-order chi connectivity index (χ1) is 16.0. The summed E-state index contributed by atoms with van der Waals surface area (Å²) in [6, 6.07) is 21.6. The van der Waals surface area contributed by atoms with E-state index in [1.807, 2.05) is 5.38 Å². The number of fused-ring (bicyclic) bond motifs is 4. The van der Waals surface area contributed by atoms with Gasteiger partial charge in [0.2, 0.25) is 0 Å². The number of thiazole rings is 1. The molecule has 1 aliphatic rings. The average molecular weight is 452 g/mol. The molecule has 0 unspecified atom stereocenters. The lowest BCUT2D eigenvalue weighted by molar-refractivity contribution is -0.131. The third-order valence-electron chi connectivity index (χ3n) is 5.79. The Labute approximate surface area is 192 Å². The van der Waals surface area contributed by atoms with Crippen LogP contribution in [0.5, 0.6) is 5.75 Å². The summed E-state index contributed by atoms with van der Waals surface area (Å²) in [4.78, 5) is 28.6. The van der Waals surface area contributed by atoms with E-state index < -0.39 is 11.6 Å². The number of ether oxygens (including phenoxy) is 1. The molecule has 0 N–H and O–H groups in total. The Morgan fingerprint density at radius 2 is 1.82 bits per heavy atom. The highest BCUT2D eigenvalue weighted by molar-refractivity contribution is 7.13. The molecular weight excluding hydrogens is 434 g/mol. The monoisotopic (exact) mass is 451 g/mol. The number of esters is 1. The Kier molecular flexibility index (Phi) is 4.48. The first-order valence-electron chi connectivity index (χ1n) is 10.5. The molecule has 0 amide bonds. The Hall–Kier alpha value is -4.03. The molecule has 0 spiro atoms. The SMILES string of the molecule is CC(=O)Oc1ccc2cc(-c3nc(-c4ccc5c(c4)Cc4ccccc4-5)cs3)c(=O)oc2c1. The van der Waals surface area contributed by atoms with E-state index in [-0.39, 0.29) is 0 Å². The number of hydrogen-bond acceptors (Lipinski definition) is 6. The fraction of sp³-hybridized carbons (Fsp3) is 0.0741. The zero-order valence-corrected chi connectivity index (χ0v) is 18.4. The number of rotatable bonds is 3. The van der Waals surface area contributed by atoms with Crippen molar-refractivity contribution in [1.29, 1.82) is 0 Å². The van der Waals surface area contributed by atoms with E-state index in [0.29, 0.717) is 21.9 Å². The van der Waals surface area contributed by atoms with Crippen LogP contribution in [0.25, 0.3) is 43.9 Å². The molecule has 0 bridgehead atoms. The summed E-state index contributed by atoms with van der Waals surface area (Å²) < 4.78 is 10.6. The van der Waals surface area contributed by atoms with Crippen molar-refractivity contribution in [1.82, 2.24) is 4.98 Å². The molecule has 0 aliphatic heterocycles. The fourth-order valence-electron chi connectivity index (χ4n) is 4.30. The number of benzene rings is 3. The molecule has 2 heterocycles. The first kappa shape index (κ1) is 19.6. The summed E-state index contributed by atoms with van der Waals surface area (Å²) in [6.07, 6.45) is 0.917. The quantitative estimate of drug-likeness (QED) is 0.185. The molecule has 160 valence electrons. The van der Waals surface area contributed by atoms with Crippen LogP contribution in [0.4, 0.5) is 0 Å². The highest BCUT2D eigenvalue weighted by atomic mass is 32.1. The van der Waals surface area contributed by atoms with Crippen molar-refractivity contribution in [3.05, 3.63) is 93.7 Å². The Morgan fingerprint density at radius 3 is 2.70 bits per heavy atom. The topological polar surface area (TPSA) is 69.4 Å². The van der Waals surface area contributed by atoms with Crippen molar-refractivity contribution in [3.8, 4) is 38.7 Å². The maximum absolute atomic E-state index is 12.7. The van der Waals surface area contributed by atoms with Crippen molar-refractivity contribution in [3.63, 3.8) is 0 Å². The Morgan fingerprint density at radius 1 is 0.970 bits per heavy atom. The molecule has 6 rings (SSSR count). The molecule has 0 saturated carbocycles. The standard InChI is InChI=1S/C27H17NO4S/c1-15(29)31-20-8-6-18-12-23(27(30)32-25(18)13-20)26-28-24(14-33-26)17-7-9-22-19(11-17)10-16-4-2-3-5-21(16)22/h2-9,11-14H,10H2,1H3. The number of nitrogens with zero attached hydrogens (tertiary/aromatic N) is 1. The molecule has 5 aromatic rings. The van der Waals surface area contributed by atoms with Crippen molar-refractivity contribution in [2.75, 3.05) is 0 Å². The molecule has 5 nitrogen and oxygen atoms in total. The van der Waals surface area contributed by atoms with Gasteiger partial charge in [-0.3, -0.25) is 4.79 Å². The maximum atomic E-state index is 12.7. The highest BCUT2D eigenvalue weighted by Crippen LogP contribution is 2.39. The lowest BCUT2D eigenvalue weighted by Gasteiger charge is -2.04. The van der Waals surface area contributed by atoms with Gasteiger partial charge >= 0.3 is 11.6 Å². The largest absolute Gasteiger partial charge is 0.427 e. The van der Waals surface area contributed by atoms with Gasteiger partial charge < -0.3 is 9.15 Å². The molecule has 3 aromatic carbocycles. The van der Waals surface area contributed by atoms with Crippen LogP contribution in [0.15, 0.2) is 81.3 Å². The molecule has 0 fully saturated rings. The molecule has 2 aromatic heterocycles. The van der Waals surface area contributed by atoms with Crippen molar-refractivity contribution in [2.24, 2.45) is 0 Å². The van der Waals surface area contributed by atoms with Crippen molar-refractivity contribution in [2.45, 2.75) is 13.3 Å². The normalized spacial score (nSPS) is 11.9. The van der Waals surface area contributed by atoms with Gasteiger partial charge in [-0.05, 0) is 52.9 Å². The van der Waals surface area contributed by atoms with Crippen LogP contribution in [-0.4, -0.2) is 11.0 Å². The summed E-state index contributed by atoms with van der Waals surface area (Å²) in [5.74, 6) is -0.0970. The smallest absolute Gasteiger partial charge is 0.346 e. The molecular formula is C27H17NO4S. The van der Waals surface area contributed by atoms with Gasteiger partial charge in [0, 0.05) is 29.3 Å². The maximum Gasteiger partial charge on any atom is 0.346 e. The zero-order valence-electron chi connectivity index (χ0n) is 17.6. The zero-order chi connectivity index (χ0) is 22.5. The van der Waals surface area contributed by atoms with Gasteiger partial charge in [0.1, 0.15) is 16.3 Å². The second-order valence-corrected chi connectivity index (χ2v) is 8.84. The molecule has 33 heavy (non-hydrogen) atoms. The van der Waals surface area contributed by atoms with Gasteiger partial charge in [-0.15, -0.1) is 11.3 Å². The molecule has 0 radical (unpaired) electrons. The van der Waals surface area contributed by atoms with Gasteiger partial charge in [0.15, 0.2) is 0 Å². The minimum absolute atomic E-state index is 0.334. The summed E-state index contributed by atoms with van der Waals surface area (Å²) in [7, 11) is 0. The van der Waals surface area contributed by atoms with Gasteiger partial charge in [0.05, 0.1) is 11.3 Å². The van der Waals surface area contributed by atoms with E-state index in [4.69, 9.17) is 14.1 Å². The van der Waals surface area contributed by atoms with E-state index in [1.54, 1.807) is 18.2 Å². The second-order valence-electron chi connectivity index (χ2n) is 7.98. The van der Waals surface area contributed by atoms with E-state index in [0.717, 1.165) is 23.1 Å². The third kappa shape index (κ3) is 3.45.